The summed E-state index contributed by atoms with van der Waals surface area (Å²) < 4.78 is 8.04. The average Bonchev–Trinajstić information content (AvgIpc) is 3.30. The maximum absolute atomic E-state index is 12.3. The minimum Gasteiger partial charge on any atom is -0.462 e. The molecule has 0 N–H and O–H groups in total. The van der Waals surface area contributed by atoms with Crippen LogP contribution in [0.5, 0.6) is 0 Å². The Morgan fingerprint density at radius 2 is 1.88 bits per heavy atom. The van der Waals surface area contributed by atoms with Gasteiger partial charge in [0, 0.05) is 36.0 Å². The van der Waals surface area contributed by atoms with Crippen LogP contribution >= 0.6 is 15.9 Å². The summed E-state index contributed by atoms with van der Waals surface area (Å²) in [4.78, 5) is 18.8. The van der Waals surface area contributed by atoms with E-state index >= 15 is 0 Å². The largest absolute Gasteiger partial charge is 0.462 e. The van der Waals surface area contributed by atoms with Crippen LogP contribution < -0.4 is 4.90 Å². The summed E-state index contributed by atoms with van der Waals surface area (Å²) in [6.07, 6.45) is 3.72. The molecule has 2 heterocycles. The summed E-state index contributed by atoms with van der Waals surface area (Å²) in [5, 5.41) is 4.72. The van der Waals surface area contributed by atoms with Crippen molar-refractivity contribution in [1.29, 1.82) is 0 Å². The van der Waals surface area contributed by atoms with Gasteiger partial charge in [-0.3, -0.25) is 4.68 Å². The highest BCUT2D eigenvalue weighted by molar-refractivity contribution is 9.10. The zero-order valence-corrected chi connectivity index (χ0v) is 20.2. The van der Waals surface area contributed by atoms with Gasteiger partial charge in [0.1, 0.15) is 5.82 Å². The van der Waals surface area contributed by atoms with E-state index in [4.69, 9.17) is 9.84 Å². The molecule has 0 unspecified atom stereocenters. The third kappa shape index (κ3) is 5.49. The standard InChI is InChI=1S/C26H25BrN4O2/c1-3-33-26(32)22-9-5-4-8-20(22)18-31-15-13-24(29-31)19-11-12-21(23(27)16-19)17-30(2)25-10-6-7-14-28-25/h4-16H,3,17-18H2,1-2H3. The van der Waals surface area contributed by atoms with Gasteiger partial charge in [-0.05, 0) is 48.4 Å². The molecule has 2 aromatic carbocycles. The lowest BCUT2D eigenvalue weighted by atomic mass is 10.1. The Morgan fingerprint density at radius 1 is 1.06 bits per heavy atom. The minimum atomic E-state index is -0.310. The first-order chi connectivity index (χ1) is 16.0. The van der Waals surface area contributed by atoms with Crippen molar-refractivity contribution in [3.05, 3.63) is 100 Å². The summed E-state index contributed by atoms with van der Waals surface area (Å²) in [5.41, 5.74) is 4.49. The zero-order chi connectivity index (χ0) is 23.2. The van der Waals surface area contributed by atoms with Gasteiger partial charge in [-0.15, -0.1) is 0 Å². The van der Waals surface area contributed by atoms with E-state index in [9.17, 15) is 4.79 Å². The van der Waals surface area contributed by atoms with Crippen LogP contribution in [0.3, 0.4) is 0 Å². The van der Waals surface area contributed by atoms with Crippen molar-refractivity contribution in [2.45, 2.75) is 20.0 Å². The number of ether oxygens (including phenoxy) is 1. The molecule has 6 nitrogen and oxygen atoms in total. The van der Waals surface area contributed by atoms with Crippen LogP contribution in [0.2, 0.25) is 0 Å². The van der Waals surface area contributed by atoms with Gasteiger partial charge in [-0.25, -0.2) is 9.78 Å². The van der Waals surface area contributed by atoms with E-state index in [1.165, 1.54) is 0 Å². The van der Waals surface area contributed by atoms with Gasteiger partial charge in [0.15, 0.2) is 0 Å². The molecular formula is C26H25BrN4O2. The number of carbonyl (C=O) groups excluding carboxylic acids is 1. The average molecular weight is 505 g/mol. The van der Waals surface area contributed by atoms with Gasteiger partial charge in [0.2, 0.25) is 0 Å². The van der Waals surface area contributed by atoms with Gasteiger partial charge >= 0.3 is 5.97 Å². The molecule has 0 saturated heterocycles. The first-order valence-corrected chi connectivity index (χ1v) is 11.5. The van der Waals surface area contributed by atoms with Crippen molar-refractivity contribution in [2.75, 3.05) is 18.6 Å². The van der Waals surface area contributed by atoms with E-state index in [2.05, 4.69) is 44.0 Å². The van der Waals surface area contributed by atoms with Crippen LogP contribution in [0.4, 0.5) is 5.82 Å². The molecule has 0 fully saturated rings. The predicted octanol–water partition coefficient (Wildman–Crippen LogP) is 5.57. The van der Waals surface area contributed by atoms with Crippen molar-refractivity contribution >= 4 is 27.7 Å². The molecule has 0 atom stereocenters. The highest BCUT2D eigenvalue weighted by Crippen LogP contribution is 2.27. The number of rotatable bonds is 8. The molecule has 0 spiro atoms. The Bertz CT molecular complexity index is 1240. The fourth-order valence-electron chi connectivity index (χ4n) is 3.60. The van der Waals surface area contributed by atoms with Gasteiger partial charge in [-0.1, -0.05) is 52.3 Å². The molecule has 4 rings (SSSR count). The maximum atomic E-state index is 12.3. The Morgan fingerprint density at radius 3 is 2.64 bits per heavy atom. The molecule has 7 heteroatoms. The van der Waals surface area contributed by atoms with Gasteiger partial charge in [-0.2, -0.15) is 5.10 Å². The summed E-state index contributed by atoms with van der Waals surface area (Å²) in [6, 6.07) is 21.6. The van der Waals surface area contributed by atoms with Gasteiger partial charge < -0.3 is 9.64 Å². The molecule has 0 saturated carbocycles. The topological polar surface area (TPSA) is 60.2 Å². The lowest BCUT2D eigenvalue weighted by molar-refractivity contribution is 0.0525. The lowest BCUT2D eigenvalue weighted by Crippen LogP contribution is -2.17. The molecule has 0 radical (unpaired) electrons. The van der Waals surface area contributed by atoms with E-state index in [0.717, 1.165) is 39.2 Å². The molecule has 33 heavy (non-hydrogen) atoms. The second kappa shape index (κ2) is 10.4. The minimum absolute atomic E-state index is 0.310. The number of hydrogen-bond acceptors (Lipinski definition) is 5. The number of aromatic nitrogens is 3. The SMILES string of the molecule is CCOC(=O)c1ccccc1Cn1ccc(-c2ccc(CN(C)c3ccccn3)c(Br)c2)n1. The number of esters is 1. The number of halogens is 1. The first-order valence-electron chi connectivity index (χ1n) is 10.7. The summed E-state index contributed by atoms with van der Waals surface area (Å²) in [7, 11) is 2.03. The molecule has 0 aliphatic heterocycles. The Kier molecular flexibility index (Phi) is 7.19. The quantitative estimate of drug-likeness (QED) is 0.293. The van der Waals surface area contributed by atoms with Crippen LogP contribution in [0.15, 0.2) is 83.6 Å². The number of carbonyl (C=O) groups is 1. The van der Waals surface area contributed by atoms with E-state index in [0.29, 0.717) is 18.7 Å². The maximum Gasteiger partial charge on any atom is 0.338 e. The van der Waals surface area contributed by atoms with Crippen molar-refractivity contribution in [3.8, 4) is 11.3 Å². The van der Waals surface area contributed by atoms with Crippen LogP contribution in [-0.2, 0) is 17.8 Å². The number of pyridine rings is 1. The van der Waals surface area contributed by atoms with E-state index < -0.39 is 0 Å². The first kappa shape index (κ1) is 22.7. The molecule has 2 aromatic heterocycles. The van der Waals surface area contributed by atoms with Crippen LogP contribution in [0, 0.1) is 0 Å². The third-order valence-electron chi connectivity index (χ3n) is 5.28. The number of anilines is 1. The molecule has 0 amide bonds. The highest BCUT2D eigenvalue weighted by atomic mass is 79.9. The van der Waals surface area contributed by atoms with Crippen molar-refractivity contribution in [1.82, 2.24) is 14.8 Å². The normalized spacial score (nSPS) is 10.8. The fourth-order valence-corrected chi connectivity index (χ4v) is 4.10. The second-order valence-corrected chi connectivity index (χ2v) is 8.48. The third-order valence-corrected chi connectivity index (χ3v) is 6.02. The molecule has 0 aliphatic rings. The zero-order valence-electron chi connectivity index (χ0n) is 18.6. The molecule has 0 aliphatic carbocycles. The molecular weight excluding hydrogens is 480 g/mol. The Hall–Kier alpha value is -3.45. The second-order valence-electron chi connectivity index (χ2n) is 7.63. The van der Waals surface area contributed by atoms with E-state index in [1.54, 1.807) is 19.2 Å². The molecule has 0 bridgehead atoms. The predicted molar refractivity (Wildman–Crippen MR) is 133 cm³/mol. The summed E-state index contributed by atoms with van der Waals surface area (Å²) in [5.74, 6) is 0.617. The Labute approximate surface area is 202 Å². The van der Waals surface area contributed by atoms with E-state index in [-0.39, 0.29) is 5.97 Å². The van der Waals surface area contributed by atoms with Crippen molar-refractivity contribution < 1.29 is 9.53 Å². The smallest absolute Gasteiger partial charge is 0.338 e. The summed E-state index contributed by atoms with van der Waals surface area (Å²) in [6.45, 7) is 3.38. The fraction of sp³-hybridized carbons (Fsp3) is 0.192. The molecule has 4 aromatic rings. The Balaban J connectivity index is 1.49. The van der Waals surface area contributed by atoms with Gasteiger partial charge in [0.25, 0.3) is 0 Å². The van der Waals surface area contributed by atoms with Gasteiger partial charge in [0.05, 0.1) is 24.4 Å². The number of nitrogens with zero attached hydrogens (tertiary/aromatic N) is 4. The monoisotopic (exact) mass is 504 g/mol. The molecule has 168 valence electrons. The van der Waals surface area contributed by atoms with Crippen LogP contribution in [0.1, 0.15) is 28.4 Å². The summed E-state index contributed by atoms with van der Waals surface area (Å²) >= 11 is 3.71. The van der Waals surface area contributed by atoms with Crippen molar-refractivity contribution in [3.63, 3.8) is 0 Å². The van der Waals surface area contributed by atoms with E-state index in [1.807, 2.05) is 60.4 Å². The van der Waals surface area contributed by atoms with Crippen LogP contribution in [0.25, 0.3) is 11.3 Å². The van der Waals surface area contributed by atoms with Crippen molar-refractivity contribution in [2.24, 2.45) is 0 Å². The highest BCUT2D eigenvalue weighted by Gasteiger charge is 2.13. The van der Waals surface area contributed by atoms with Crippen LogP contribution in [-0.4, -0.2) is 34.4 Å². The lowest BCUT2D eigenvalue weighted by Gasteiger charge is -2.19. The number of hydrogen-bond donors (Lipinski definition) is 0. The number of benzene rings is 2.